The quantitative estimate of drug-likeness (QED) is 0.350. The van der Waals surface area contributed by atoms with Crippen molar-refractivity contribution < 1.29 is 19.2 Å². The van der Waals surface area contributed by atoms with Crippen LogP contribution in [0.5, 0.6) is 0 Å². The summed E-state index contributed by atoms with van der Waals surface area (Å²) >= 11 is 4.15. The van der Waals surface area contributed by atoms with E-state index in [1.807, 2.05) is 37.3 Å². The topological polar surface area (TPSA) is 159 Å². The molecule has 1 aromatic rings. The molecule has 5 N–H and O–H groups in total. The zero-order valence-electron chi connectivity index (χ0n) is 18.0. The minimum Gasteiger partial charge on any atom is -0.370 e. The third kappa shape index (κ3) is 5.22. The number of nitrogens with zero attached hydrogens (tertiary/aromatic N) is 2. The van der Waals surface area contributed by atoms with E-state index in [0.717, 1.165) is 5.56 Å². The van der Waals surface area contributed by atoms with E-state index in [0.29, 0.717) is 25.1 Å². The molecule has 0 radical (unpaired) electrons. The Kier molecular flexibility index (Phi) is 8.27. The van der Waals surface area contributed by atoms with E-state index in [1.54, 1.807) is 4.90 Å². The number of thiol groups is 1. The van der Waals surface area contributed by atoms with Gasteiger partial charge in [-0.1, -0.05) is 30.3 Å². The van der Waals surface area contributed by atoms with Gasteiger partial charge in [0.25, 0.3) is 0 Å². The minimum absolute atomic E-state index is 0.123. The van der Waals surface area contributed by atoms with E-state index in [4.69, 9.17) is 11.5 Å². The molecule has 0 aromatic heterocycles. The van der Waals surface area contributed by atoms with Gasteiger partial charge in [-0.3, -0.25) is 19.2 Å². The van der Waals surface area contributed by atoms with Crippen LogP contribution in [0, 0.1) is 16.7 Å². The van der Waals surface area contributed by atoms with Crippen LogP contribution in [0.15, 0.2) is 30.3 Å². The molecule has 10 heteroatoms. The molecule has 2 heterocycles. The third-order valence-electron chi connectivity index (χ3n) is 5.76. The molecule has 4 amide bonds. The van der Waals surface area contributed by atoms with Crippen LogP contribution in [-0.4, -0.2) is 46.4 Å². The first-order valence-corrected chi connectivity index (χ1v) is 11.0. The fraction of sp³-hybridized carbons (Fsp3) is 0.500. The van der Waals surface area contributed by atoms with E-state index >= 15 is 0 Å². The lowest BCUT2D eigenvalue weighted by atomic mass is 9.75. The molecule has 2 aliphatic rings. The highest BCUT2D eigenvalue weighted by atomic mass is 32.1. The number of nitriles is 1. The van der Waals surface area contributed by atoms with Crippen molar-refractivity contribution in [3.63, 3.8) is 0 Å². The van der Waals surface area contributed by atoms with Crippen LogP contribution in [0.1, 0.15) is 50.6 Å². The first-order chi connectivity index (χ1) is 15.1. The number of amides is 4. The molecule has 0 bridgehead atoms. The number of carbonyl (C=O) groups is 4. The lowest BCUT2D eigenvalue weighted by molar-refractivity contribution is -0.154. The Bertz CT molecular complexity index is 905. The summed E-state index contributed by atoms with van der Waals surface area (Å²) in [6.45, 7) is 2.25. The van der Waals surface area contributed by atoms with Crippen LogP contribution in [0.4, 0.5) is 0 Å². The molecular weight excluding hydrogens is 430 g/mol. The van der Waals surface area contributed by atoms with Crippen molar-refractivity contribution >= 4 is 36.3 Å². The Labute approximate surface area is 192 Å². The monoisotopic (exact) mass is 459 g/mol. The number of primary amides is 2. The molecule has 0 saturated carbocycles. The standard InChI is InChI=1S/C17H19N3O2S.C5H10N2O2/c1-16(10-18)9-17(11-19-15(17)22)20(13(21)7-8-23)14(16)12-5-3-2-4-6-12;6-4(8)2-1-3-5(7)9/h2-6,14,23H,7-9,11H2,1H3,(H,19,22);1-3H2,(H2,6,8)(H2,7,9). The van der Waals surface area contributed by atoms with Crippen LogP contribution < -0.4 is 16.8 Å². The third-order valence-corrected chi connectivity index (χ3v) is 5.98. The number of likely N-dealkylation sites (tertiary alicyclic amines) is 1. The zero-order valence-corrected chi connectivity index (χ0v) is 18.9. The van der Waals surface area contributed by atoms with Gasteiger partial charge in [-0.15, -0.1) is 0 Å². The maximum atomic E-state index is 12.8. The first-order valence-electron chi connectivity index (χ1n) is 10.4. The van der Waals surface area contributed by atoms with Gasteiger partial charge in [0, 0.05) is 25.7 Å². The van der Waals surface area contributed by atoms with Crippen LogP contribution in [-0.2, 0) is 19.2 Å². The molecule has 2 saturated heterocycles. The smallest absolute Gasteiger partial charge is 0.248 e. The molecule has 0 aliphatic carbocycles. The number of rotatable bonds is 7. The maximum Gasteiger partial charge on any atom is 0.248 e. The van der Waals surface area contributed by atoms with Gasteiger partial charge in [0.05, 0.1) is 24.1 Å². The minimum atomic E-state index is -0.898. The van der Waals surface area contributed by atoms with Gasteiger partial charge in [-0.05, 0) is 24.7 Å². The number of hydrogen-bond donors (Lipinski definition) is 4. The Hall–Kier alpha value is -3.06. The highest BCUT2D eigenvalue weighted by Crippen LogP contribution is 2.56. The Morgan fingerprint density at radius 3 is 2.19 bits per heavy atom. The number of hydrogen-bond acceptors (Lipinski definition) is 6. The summed E-state index contributed by atoms with van der Waals surface area (Å²) in [7, 11) is 0. The second-order valence-corrected chi connectivity index (χ2v) is 8.70. The van der Waals surface area contributed by atoms with Crippen molar-refractivity contribution in [3.8, 4) is 6.07 Å². The molecular formula is C22H29N5O4S. The SMILES string of the molecule is CC1(C#N)CC2(CNC2=O)N(C(=O)CCS)C1c1ccccc1.NC(=O)CCCC(N)=O. The van der Waals surface area contributed by atoms with Crippen molar-refractivity contribution in [2.24, 2.45) is 16.9 Å². The zero-order chi connectivity index (χ0) is 23.9. The number of carbonyl (C=O) groups excluding carboxylic acids is 4. The summed E-state index contributed by atoms with van der Waals surface area (Å²) in [6.07, 6.45) is 1.56. The molecule has 2 fully saturated rings. The summed E-state index contributed by atoms with van der Waals surface area (Å²) in [5, 5.41) is 12.5. The van der Waals surface area contributed by atoms with Crippen LogP contribution in [0.25, 0.3) is 0 Å². The highest BCUT2D eigenvalue weighted by Gasteiger charge is 2.66. The van der Waals surface area contributed by atoms with Crippen molar-refractivity contribution in [3.05, 3.63) is 35.9 Å². The summed E-state index contributed by atoms with van der Waals surface area (Å²) in [4.78, 5) is 46.9. The molecule has 1 spiro atoms. The van der Waals surface area contributed by atoms with Gasteiger partial charge < -0.3 is 21.7 Å². The Morgan fingerprint density at radius 1 is 1.19 bits per heavy atom. The average molecular weight is 460 g/mol. The average Bonchev–Trinajstić information content (AvgIpc) is 3.06. The molecule has 9 nitrogen and oxygen atoms in total. The summed E-state index contributed by atoms with van der Waals surface area (Å²) in [5.41, 5.74) is 8.77. The predicted octanol–water partition coefficient (Wildman–Crippen LogP) is 0.806. The van der Waals surface area contributed by atoms with Crippen LogP contribution in [0.3, 0.4) is 0 Å². The number of nitrogens with one attached hydrogen (secondary N) is 1. The Balaban J connectivity index is 0.000000344. The highest BCUT2D eigenvalue weighted by molar-refractivity contribution is 7.80. The number of benzene rings is 1. The van der Waals surface area contributed by atoms with Gasteiger partial charge in [0.2, 0.25) is 23.6 Å². The van der Waals surface area contributed by atoms with Crippen molar-refractivity contribution in [1.29, 1.82) is 5.26 Å². The molecule has 32 heavy (non-hydrogen) atoms. The fourth-order valence-electron chi connectivity index (χ4n) is 4.31. The van der Waals surface area contributed by atoms with Crippen molar-refractivity contribution in [1.82, 2.24) is 10.2 Å². The predicted molar refractivity (Wildman–Crippen MR) is 121 cm³/mol. The van der Waals surface area contributed by atoms with Gasteiger partial charge in [0.1, 0.15) is 5.54 Å². The maximum absolute atomic E-state index is 12.8. The van der Waals surface area contributed by atoms with Gasteiger partial charge in [-0.25, -0.2) is 0 Å². The van der Waals surface area contributed by atoms with Crippen LogP contribution >= 0.6 is 12.6 Å². The molecule has 2 aliphatic heterocycles. The lowest BCUT2D eigenvalue weighted by Crippen LogP contribution is -2.71. The lowest BCUT2D eigenvalue weighted by Gasteiger charge is -2.46. The van der Waals surface area contributed by atoms with E-state index < -0.39 is 28.8 Å². The van der Waals surface area contributed by atoms with Crippen molar-refractivity contribution in [2.75, 3.05) is 12.3 Å². The molecule has 3 unspecified atom stereocenters. The second kappa shape index (κ2) is 10.5. The summed E-state index contributed by atoms with van der Waals surface area (Å²) in [6, 6.07) is 11.4. The van der Waals surface area contributed by atoms with E-state index in [9.17, 15) is 24.4 Å². The van der Waals surface area contributed by atoms with Crippen LogP contribution in [0.2, 0.25) is 0 Å². The van der Waals surface area contributed by atoms with E-state index in [1.165, 1.54) is 0 Å². The number of β-lactam (4-membered cyclic amide) rings is 1. The number of nitrogens with two attached hydrogens (primary N) is 2. The first kappa shape index (κ1) is 25.2. The Morgan fingerprint density at radius 2 is 1.78 bits per heavy atom. The molecule has 3 rings (SSSR count). The summed E-state index contributed by atoms with van der Waals surface area (Å²) < 4.78 is 0. The molecule has 3 atom stereocenters. The van der Waals surface area contributed by atoms with Gasteiger partial charge in [-0.2, -0.15) is 17.9 Å². The fourth-order valence-corrected chi connectivity index (χ4v) is 4.50. The molecule has 172 valence electrons. The van der Waals surface area contributed by atoms with Crippen molar-refractivity contribution in [2.45, 2.75) is 50.6 Å². The molecule has 1 aromatic carbocycles. The van der Waals surface area contributed by atoms with E-state index in [2.05, 4.69) is 24.0 Å². The second-order valence-electron chi connectivity index (χ2n) is 8.26. The van der Waals surface area contributed by atoms with E-state index in [-0.39, 0.29) is 31.1 Å². The summed E-state index contributed by atoms with van der Waals surface area (Å²) in [5.74, 6) is -0.655. The normalized spacial score (nSPS) is 25.7. The van der Waals surface area contributed by atoms with Gasteiger partial charge >= 0.3 is 0 Å². The van der Waals surface area contributed by atoms with Gasteiger partial charge in [0.15, 0.2) is 0 Å². The largest absolute Gasteiger partial charge is 0.370 e.